The second-order valence-corrected chi connectivity index (χ2v) is 6.03. The van der Waals surface area contributed by atoms with E-state index < -0.39 is 0 Å². The number of hydrogen-bond donors (Lipinski definition) is 1. The molecular formula is C14H18N2O2S. The van der Waals surface area contributed by atoms with Crippen LogP contribution in [0.5, 0.6) is 5.75 Å². The number of nitrogens with one attached hydrogen (secondary N) is 1. The first-order chi connectivity index (χ1) is 9.27. The van der Waals surface area contributed by atoms with Gasteiger partial charge in [0, 0.05) is 30.6 Å². The van der Waals surface area contributed by atoms with Crippen molar-refractivity contribution in [2.45, 2.75) is 13.0 Å². The zero-order chi connectivity index (χ0) is 13.2. The van der Waals surface area contributed by atoms with Crippen molar-refractivity contribution in [2.75, 3.05) is 36.5 Å². The molecule has 1 aromatic carbocycles. The van der Waals surface area contributed by atoms with Gasteiger partial charge in [-0.3, -0.25) is 4.79 Å². The molecule has 0 aliphatic carbocycles. The van der Waals surface area contributed by atoms with Gasteiger partial charge in [0.05, 0.1) is 11.3 Å². The summed E-state index contributed by atoms with van der Waals surface area (Å²) in [6, 6.07) is 6.03. The number of amides is 1. The van der Waals surface area contributed by atoms with Gasteiger partial charge in [0.25, 0.3) is 5.91 Å². The second-order valence-electron chi connectivity index (χ2n) is 4.88. The van der Waals surface area contributed by atoms with Crippen LogP contribution in [-0.2, 0) is 0 Å². The van der Waals surface area contributed by atoms with E-state index in [1.165, 1.54) is 0 Å². The third-order valence-electron chi connectivity index (χ3n) is 3.54. The third kappa shape index (κ3) is 2.39. The number of hydrogen-bond acceptors (Lipinski definition) is 4. The number of thioether (sulfide) groups is 1. The van der Waals surface area contributed by atoms with Crippen molar-refractivity contribution in [2.24, 2.45) is 0 Å². The van der Waals surface area contributed by atoms with Gasteiger partial charge in [-0.25, -0.2) is 0 Å². The number of anilines is 1. The van der Waals surface area contributed by atoms with Gasteiger partial charge in [0.2, 0.25) is 0 Å². The summed E-state index contributed by atoms with van der Waals surface area (Å²) in [7, 11) is 0. The fourth-order valence-corrected chi connectivity index (χ4v) is 3.54. The Kier molecular flexibility index (Phi) is 3.55. The number of para-hydroxylation sites is 1. The first kappa shape index (κ1) is 12.7. The maximum atomic E-state index is 12.7. The van der Waals surface area contributed by atoms with E-state index in [2.05, 4.69) is 12.2 Å². The second kappa shape index (κ2) is 5.33. The third-order valence-corrected chi connectivity index (χ3v) is 4.73. The summed E-state index contributed by atoms with van der Waals surface area (Å²) in [6.45, 7) is 4.34. The molecule has 2 heterocycles. The lowest BCUT2D eigenvalue weighted by Crippen LogP contribution is -2.44. The number of fused-ring (bicyclic) bond motifs is 1. The summed E-state index contributed by atoms with van der Waals surface area (Å²) in [5.41, 5.74) is 1.61. The summed E-state index contributed by atoms with van der Waals surface area (Å²) in [6.07, 6.45) is 0. The molecule has 2 aliphatic heterocycles. The standard InChI is InChI=1S/C14H18N2O2S/c1-10-9-19-8-6-16(10)14(17)11-3-2-4-12-13(11)18-7-5-15-12/h2-4,10,15H,5-9H2,1H3. The van der Waals surface area contributed by atoms with Crippen molar-refractivity contribution in [3.63, 3.8) is 0 Å². The van der Waals surface area contributed by atoms with Crippen LogP contribution in [0.15, 0.2) is 18.2 Å². The highest BCUT2D eigenvalue weighted by atomic mass is 32.2. The number of nitrogens with zero attached hydrogens (tertiary/aromatic N) is 1. The highest BCUT2D eigenvalue weighted by Crippen LogP contribution is 2.33. The Labute approximate surface area is 117 Å². The Bertz CT molecular complexity index is 492. The highest BCUT2D eigenvalue weighted by molar-refractivity contribution is 7.99. The molecule has 1 atom stereocenters. The molecule has 3 rings (SSSR count). The van der Waals surface area contributed by atoms with E-state index >= 15 is 0 Å². The fraction of sp³-hybridized carbons (Fsp3) is 0.500. The number of benzene rings is 1. The SMILES string of the molecule is CC1CSCCN1C(=O)c1cccc2c1OCCN2. The maximum Gasteiger partial charge on any atom is 0.257 e. The van der Waals surface area contributed by atoms with Crippen LogP contribution in [0.25, 0.3) is 0 Å². The van der Waals surface area contributed by atoms with Crippen LogP contribution in [0, 0.1) is 0 Å². The van der Waals surface area contributed by atoms with Gasteiger partial charge >= 0.3 is 0 Å². The molecule has 0 spiro atoms. The Morgan fingerprint density at radius 3 is 3.26 bits per heavy atom. The molecule has 5 heteroatoms. The van der Waals surface area contributed by atoms with E-state index in [4.69, 9.17) is 4.74 Å². The van der Waals surface area contributed by atoms with Gasteiger partial charge in [0.1, 0.15) is 6.61 Å². The Hall–Kier alpha value is -1.36. The summed E-state index contributed by atoms with van der Waals surface area (Å²) >= 11 is 1.91. The predicted molar refractivity (Wildman–Crippen MR) is 78.3 cm³/mol. The zero-order valence-corrected chi connectivity index (χ0v) is 11.8. The van der Waals surface area contributed by atoms with Crippen molar-refractivity contribution in [1.29, 1.82) is 0 Å². The lowest BCUT2D eigenvalue weighted by molar-refractivity contribution is 0.0711. The van der Waals surface area contributed by atoms with Crippen LogP contribution in [-0.4, -0.2) is 48.1 Å². The van der Waals surface area contributed by atoms with Crippen LogP contribution in [0.2, 0.25) is 0 Å². The topological polar surface area (TPSA) is 41.6 Å². The van der Waals surface area contributed by atoms with Gasteiger partial charge in [-0.2, -0.15) is 11.8 Å². The quantitative estimate of drug-likeness (QED) is 0.854. The predicted octanol–water partition coefficient (Wildman–Crippen LogP) is 2.07. The molecule has 0 radical (unpaired) electrons. The van der Waals surface area contributed by atoms with Crippen LogP contribution in [0.4, 0.5) is 5.69 Å². The monoisotopic (exact) mass is 278 g/mol. The van der Waals surface area contributed by atoms with Crippen LogP contribution < -0.4 is 10.1 Å². The van der Waals surface area contributed by atoms with Crippen molar-refractivity contribution < 1.29 is 9.53 Å². The molecule has 2 aliphatic rings. The molecule has 0 bridgehead atoms. The van der Waals surface area contributed by atoms with E-state index in [0.29, 0.717) is 24.0 Å². The van der Waals surface area contributed by atoms with Crippen molar-refractivity contribution in [3.05, 3.63) is 23.8 Å². The minimum absolute atomic E-state index is 0.0911. The molecular weight excluding hydrogens is 260 g/mol. The molecule has 102 valence electrons. The van der Waals surface area contributed by atoms with Crippen molar-refractivity contribution >= 4 is 23.4 Å². The van der Waals surface area contributed by atoms with Crippen LogP contribution >= 0.6 is 11.8 Å². The molecule has 1 N–H and O–H groups in total. The minimum atomic E-state index is 0.0911. The number of ether oxygens (including phenoxy) is 1. The lowest BCUT2D eigenvalue weighted by atomic mass is 10.1. The molecule has 1 amide bonds. The summed E-state index contributed by atoms with van der Waals surface area (Å²) in [4.78, 5) is 14.7. The molecule has 4 nitrogen and oxygen atoms in total. The van der Waals surface area contributed by atoms with E-state index in [0.717, 1.165) is 30.3 Å². The number of carbonyl (C=O) groups is 1. The first-order valence-electron chi connectivity index (χ1n) is 6.66. The molecule has 1 aromatic rings. The van der Waals surface area contributed by atoms with Crippen molar-refractivity contribution in [1.82, 2.24) is 4.90 Å². The van der Waals surface area contributed by atoms with Gasteiger partial charge in [-0.05, 0) is 19.1 Å². The maximum absolute atomic E-state index is 12.7. The van der Waals surface area contributed by atoms with Gasteiger partial charge < -0.3 is 15.0 Å². The summed E-state index contributed by atoms with van der Waals surface area (Å²) in [5.74, 6) is 2.84. The molecule has 1 unspecified atom stereocenters. The Morgan fingerprint density at radius 2 is 2.42 bits per heavy atom. The average molecular weight is 278 g/mol. The summed E-state index contributed by atoms with van der Waals surface area (Å²) in [5, 5.41) is 3.27. The Balaban J connectivity index is 1.91. The molecule has 1 fully saturated rings. The van der Waals surface area contributed by atoms with Crippen LogP contribution in [0.1, 0.15) is 17.3 Å². The minimum Gasteiger partial charge on any atom is -0.489 e. The van der Waals surface area contributed by atoms with Gasteiger partial charge in [0.15, 0.2) is 5.75 Å². The largest absolute Gasteiger partial charge is 0.489 e. The molecule has 0 aromatic heterocycles. The smallest absolute Gasteiger partial charge is 0.257 e. The normalized spacial score (nSPS) is 22.2. The fourth-order valence-electron chi connectivity index (χ4n) is 2.52. The molecule has 1 saturated heterocycles. The number of rotatable bonds is 1. The van der Waals surface area contributed by atoms with Gasteiger partial charge in [-0.1, -0.05) is 6.07 Å². The Morgan fingerprint density at radius 1 is 1.53 bits per heavy atom. The molecule has 19 heavy (non-hydrogen) atoms. The van der Waals surface area contributed by atoms with E-state index in [9.17, 15) is 4.79 Å². The summed E-state index contributed by atoms with van der Waals surface area (Å²) < 4.78 is 5.69. The van der Waals surface area contributed by atoms with Gasteiger partial charge in [-0.15, -0.1) is 0 Å². The van der Waals surface area contributed by atoms with Crippen molar-refractivity contribution in [3.8, 4) is 5.75 Å². The number of carbonyl (C=O) groups excluding carboxylic acids is 1. The van der Waals surface area contributed by atoms with E-state index in [1.54, 1.807) is 0 Å². The van der Waals surface area contributed by atoms with Crippen LogP contribution in [0.3, 0.4) is 0 Å². The highest BCUT2D eigenvalue weighted by Gasteiger charge is 2.28. The average Bonchev–Trinajstić information content (AvgIpc) is 2.46. The first-order valence-corrected chi connectivity index (χ1v) is 7.81. The van der Waals surface area contributed by atoms with E-state index in [1.807, 2.05) is 34.9 Å². The molecule has 0 saturated carbocycles. The zero-order valence-electron chi connectivity index (χ0n) is 11.0. The van der Waals surface area contributed by atoms with E-state index in [-0.39, 0.29) is 5.91 Å². The lowest BCUT2D eigenvalue weighted by Gasteiger charge is -2.34.